The lowest BCUT2D eigenvalue weighted by atomic mass is 9.84. The van der Waals surface area contributed by atoms with Gasteiger partial charge in [-0.1, -0.05) is 26.8 Å². The van der Waals surface area contributed by atoms with Crippen LogP contribution in [0.15, 0.2) is 41.9 Å². The number of hydrazine groups is 1. The number of aryl methyl sites for hydroxylation is 1. The van der Waals surface area contributed by atoms with Crippen molar-refractivity contribution in [2.24, 2.45) is 23.2 Å². The van der Waals surface area contributed by atoms with Crippen molar-refractivity contribution < 1.29 is 32.6 Å². The maximum atomic E-state index is 14.1. The number of rotatable bonds is 7. The fourth-order valence-corrected chi connectivity index (χ4v) is 8.98. The predicted octanol–water partition coefficient (Wildman–Crippen LogP) is 6.35. The Labute approximate surface area is 317 Å². The summed E-state index contributed by atoms with van der Waals surface area (Å²) in [7, 11) is 1.67. The average molecular weight is 763 g/mol. The van der Waals surface area contributed by atoms with Gasteiger partial charge in [-0.15, -0.1) is 11.3 Å². The number of benzene rings is 1. The van der Waals surface area contributed by atoms with Crippen LogP contribution in [0.2, 0.25) is 0 Å². The molecule has 4 aromatic rings. The number of cyclic esters (lactones) is 1. The van der Waals surface area contributed by atoms with E-state index in [2.05, 4.69) is 54.3 Å². The van der Waals surface area contributed by atoms with Gasteiger partial charge < -0.3 is 19.4 Å². The molecular formula is C40H48F2N6O5S. The molecule has 2 amide bonds. The Hall–Kier alpha value is -4.27. The number of alkyl halides is 2. The highest BCUT2D eigenvalue weighted by atomic mass is 32.1. The third-order valence-electron chi connectivity index (χ3n) is 11.2. The summed E-state index contributed by atoms with van der Waals surface area (Å²) in [5.41, 5.74) is 9.12. The SMILES string of the molecule is CCn1c(-c2cccnc2[C@H](C)OC)c2c3cc(ccc31)-c1csc(n1)C[C@H](NC(=O)[C@@H]1C(C(F)F)[C@H]1C)C(=O)N1CCC[C@H](N1)C(=O)OCC(C)(C)C2. The molecule has 1 saturated heterocycles. The van der Waals surface area contributed by atoms with Crippen LogP contribution in [0, 0.1) is 23.2 Å². The molecular weight excluding hydrogens is 715 g/mol. The van der Waals surface area contributed by atoms with E-state index in [1.165, 1.54) is 16.3 Å². The second-order valence-corrected chi connectivity index (χ2v) is 16.5. The summed E-state index contributed by atoms with van der Waals surface area (Å²) in [4.78, 5) is 50.7. The minimum Gasteiger partial charge on any atom is -0.464 e. The fourth-order valence-electron chi connectivity index (χ4n) is 8.13. The summed E-state index contributed by atoms with van der Waals surface area (Å²) in [6.07, 6.45) is 0.533. The smallest absolute Gasteiger partial charge is 0.324 e. The quantitative estimate of drug-likeness (QED) is 0.209. The number of aromatic nitrogens is 3. The number of amides is 2. The lowest BCUT2D eigenvalue weighted by Crippen LogP contribution is -2.60. The monoisotopic (exact) mass is 762 g/mol. The van der Waals surface area contributed by atoms with Crippen molar-refractivity contribution in [3.05, 3.63) is 58.2 Å². The van der Waals surface area contributed by atoms with Gasteiger partial charge in [0.15, 0.2) is 0 Å². The molecule has 1 aliphatic carbocycles. The zero-order chi connectivity index (χ0) is 38.5. The number of thiazole rings is 1. The first-order chi connectivity index (χ1) is 25.8. The average Bonchev–Trinajstić information content (AvgIpc) is 3.48. The molecule has 1 unspecified atom stereocenters. The molecule has 5 heterocycles. The number of nitrogens with zero attached hydrogens (tertiary/aromatic N) is 4. The molecule has 2 fully saturated rings. The van der Waals surface area contributed by atoms with E-state index >= 15 is 0 Å². The van der Waals surface area contributed by atoms with Crippen LogP contribution in [-0.4, -0.2) is 76.1 Å². The number of hydrogen-bond donors (Lipinski definition) is 2. The molecule has 2 aliphatic heterocycles. The molecule has 0 radical (unpaired) electrons. The summed E-state index contributed by atoms with van der Waals surface area (Å²) >= 11 is 1.37. The van der Waals surface area contributed by atoms with Gasteiger partial charge in [-0.3, -0.25) is 24.4 Å². The lowest BCUT2D eigenvalue weighted by molar-refractivity contribution is -0.155. The van der Waals surface area contributed by atoms with Crippen molar-refractivity contribution in [2.75, 3.05) is 20.3 Å². The van der Waals surface area contributed by atoms with Crippen LogP contribution in [0.5, 0.6) is 0 Å². The third kappa shape index (κ3) is 7.27. The van der Waals surface area contributed by atoms with E-state index in [-0.39, 0.29) is 19.1 Å². The largest absolute Gasteiger partial charge is 0.464 e. The molecule has 0 spiro atoms. The third-order valence-corrected chi connectivity index (χ3v) is 12.1. The normalized spacial score (nSPS) is 25.0. The Balaban J connectivity index is 1.33. The van der Waals surface area contributed by atoms with Gasteiger partial charge >= 0.3 is 5.97 Å². The van der Waals surface area contributed by atoms with Gasteiger partial charge in [-0.2, -0.15) is 0 Å². The van der Waals surface area contributed by atoms with Crippen molar-refractivity contribution in [2.45, 2.75) is 91.5 Å². The molecule has 2 N–H and O–H groups in total. The molecule has 1 saturated carbocycles. The predicted molar refractivity (Wildman–Crippen MR) is 201 cm³/mol. The van der Waals surface area contributed by atoms with E-state index in [0.717, 1.165) is 44.7 Å². The van der Waals surface area contributed by atoms with Gasteiger partial charge in [-0.05, 0) is 68.9 Å². The number of ether oxygens (including phenoxy) is 2. The van der Waals surface area contributed by atoms with Gasteiger partial charge in [-0.25, -0.2) is 19.2 Å². The second kappa shape index (κ2) is 15.1. The number of carbonyl (C=O) groups excluding carboxylic acids is 3. The van der Waals surface area contributed by atoms with E-state index in [1.54, 1.807) is 20.2 Å². The number of fused-ring (bicyclic) bond motifs is 6. The molecule has 7 rings (SSSR count). The first-order valence-corrected chi connectivity index (χ1v) is 19.6. The molecule has 3 aromatic heterocycles. The number of pyridine rings is 1. The molecule has 54 heavy (non-hydrogen) atoms. The van der Waals surface area contributed by atoms with E-state index in [9.17, 15) is 23.2 Å². The van der Waals surface area contributed by atoms with E-state index in [1.807, 2.05) is 24.4 Å². The van der Waals surface area contributed by atoms with Crippen LogP contribution in [-0.2, 0) is 43.2 Å². The molecule has 6 bridgehead atoms. The Morgan fingerprint density at radius 3 is 2.76 bits per heavy atom. The van der Waals surface area contributed by atoms with Gasteiger partial charge in [0.25, 0.3) is 5.91 Å². The Morgan fingerprint density at radius 2 is 2.04 bits per heavy atom. The summed E-state index contributed by atoms with van der Waals surface area (Å²) in [6.45, 7) is 11.0. The first-order valence-electron chi connectivity index (χ1n) is 18.7. The topological polar surface area (TPSA) is 128 Å². The van der Waals surface area contributed by atoms with E-state index < -0.39 is 59.5 Å². The molecule has 6 atom stereocenters. The Kier molecular flexibility index (Phi) is 10.6. The molecule has 288 valence electrons. The fraction of sp³-hybridized carbons (Fsp3) is 0.525. The van der Waals surface area contributed by atoms with Crippen LogP contribution in [0.4, 0.5) is 8.78 Å². The number of hydrogen-bond acceptors (Lipinski definition) is 9. The van der Waals surface area contributed by atoms with Gasteiger partial charge in [0.1, 0.15) is 12.1 Å². The van der Waals surface area contributed by atoms with Crippen molar-refractivity contribution in [3.63, 3.8) is 0 Å². The van der Waals surface area contributed by atoms with Crippen molar-refractivity contribution in [1.82, 2.24) is 30.3 Å². The summed E-state index contributed by atoms with van der Waals surface area (Å²) in [5.74, 6) is -3.92. The lowest BCUT2D eigenvalue weighted by Gasteiger charge is -2.35. The van der Waals surface area contributed by atoms with Crippen LogP contribution < -0.4 is 10.7 Å². The number of halogens is 2. The van der Waals surface area contributed by atoms with Crippen LogP contribution in [0.3, 0.4) is 0 Å². The second-order valence-electron chi connectivity index (χ2n) is 15.6. The van der Waals surface area contributed by atoms with Crippen molar-refractivity contribution in [1.29, 1.82) is 0 Å². The number of carbonyl (C=O) groups is 3. The maximum Gasteiger partial charge on any atom is 0.324 e. The van der Waals surface area contributed by atoms with Crippen LogP contribution in [0.1, 0.15) is 69.8 Å². The highest BCUT2D eigenvalue weighted by Gasteiger charge is 2.57. The Morgan fingerprint density at radius 1 is 1.24 bits per heavy atom. The summed E-state index contributed by atoms with van der Waals surface area (Å²) in [5, 5.41) is 7.73. The van der Waals surface area contributed by atoms with Crippen molar-refractivity contribution in [3.8, 4) is 22.5 Å². The van der Waals surface area contributed by atoms with Gasteiger partial charge in [0, 0.05) is 77.5 Å². The highest BCUT2D eigenvalue weighted by Crippen LogP contribution is 2.50. The zero-order valence-electron chi connectivity index (χ0n) is 31.5. The number of methoxy groups -OCH3 is 1. The first kappa shape index (κ1) is 38.0. The molecule has 11 nitrogen and oxygen atoms in total. The molecule has 1 aromatic carbocycles. The van der Waals surface area contributed by atoms with Gasteiger partial charge in [0.2, 0.25) is 12.3 Å². The highest BCUT2D eigenvalue weighted by molar-refractivity contribution is 7.10. The Bertz CT molecular complexity index is 2060. The van der Waals surface area contributed by atoms with Crippen LogP contribution in [0.25, 0.3) is 33.4 Å². The summed E-state index contributed by atoms with van der Waals surface area (Å²) in [6, 6.07) is 8.44. The summed E-state index contributed by atoms with van der Waals surface area (Å²) < 4.78 is 41.3. The molecule has 3 aliphatic rings. The minimum atomic E-state index is -2.62. The van der Waals surface area contributed by atoms with Gasteiger partial charge in [0.05, 0.1) is 34.8 Å². The minimum absolute atomic E-state index is 0.0580. The van der Waals surface area contributed by atoms with E-state index in [4.69, 9.17) is 19.4 Å². The maximum absolute atomic E-state index is 14.1. The van der Waals surface area contributed by atoms with Crippen molar-refractivity contribution >= 4 is 40.0 Å². The zero-order valence-corrected chi connectivity index (χ0v) is 32.3. The number of esters is 1. The standard InChI is InChI=1S/C40H48F2N6O5S/c1-7-47-30-13-12-23-16-25(30)26(35(47)24-10-8-14-43-34(24)22(3)52-6)18-40(4,5)20-53-39(51)27-11-9-15-48(46-27)38(50)28(17-31-44-29(23)19-54-31)45-37(49)33-21(2)32(33)36(41)42/h8,10,12-14,16,19,21-22,27-28,32-33,36,46H,7,9,11,15,17-18,20H2,1-6H3,(H,45,49)/t21-,22+,27+,28+,32?,33+/m1/s1. The van der Waals surface area contributed by atoms with E-state index in [0.29, 0.717) is 37.4 Å². The van der Waals surface area contributed by atoms with Crippen LogP contribution >= 0.6 is 11.3 Å². The molecule has 14 heteroatoms. The number of nitrogens with one attached hydrogen (secondary N) is 2.